The number of nitrogens with one attached hydrogen (secondary N) is 2. The summed E-state index contributed by atoms with van der Waals surface area (Å²) in [5.41, 5.74) is 0.445. The zero-order valence-corrected chi connectivity index (χ0v) is 20.3. The highest BCUT2D eigenvalue weighted by Gasteiger charge is 2.33. The van der Waals surface area contributed by atoms with Crippen LogP contribution in [0.5, 0.6) is 0 Å². The highest BCUT2D eigenvalue weighted by Crippen LogP contribution is 2.32. The third-order valence-corrected chi connectivity index (χ3v) is 6.04. The average Bonchev–Trinajstić information content (AvgIpc) is 2.80. The minimum absolute atomic E-state index is 0.0477. The number of benzene rings is 2. The van der Waals surface area contributed by atoms with Gasteiger partial charge in [-0.2, -0.15) is 13.2 Å². The molecule has 0 saturated heterocycles. The van der Waals surface area contributed by atoms with E-state index >= 15 is 0 Å². The van der Waals surface area contributed by atoms with Gasteiger partial charge < -0.3 is 5.32 Å². The molecule has 0 radical (unpaired) electrons. The summed E-state index contributed by atoms with van der Waals surface area (Å²) < 4.78 is 67.9. The molecule has 0 spiro atoms. The lowest BCUT2D eigenvalue weighted by Crippen LogP contribution is -2.28. The van der Waals surface area contributed by atoms with Crippen LogP contribution in [0.4, 0.5) is 17.6 Å². The smallest absolute Gasteiger partial charge is 0.351 e. The Morgan fingerprint density at radius 2 is 1.80 bits per heavy atom. The van der Waals surface area contributed by atoms with Crippen molar-refractivity contribution in [2.45, 2.75) is 32.1 Å². The van der Waals surface area contributed by atoms with Gasteiger partial charge in [-0.25, -0.2) is 18.3 Å². The van der Waals surface area contributed by atoms with Crippen molar-refractivity contribution in [3.8, 4) is 11.3 Å². The quantitative estimate of drug-likeness (QED) is 0.387. The van der Waals surface area contributed by atoms with Crippen LogP contribution in [0, 0.1) is 5.82 Å². The molecule has 2 aromatic carbocycles. The molecule has 3 aromatic rings. The van der Waals surface area contributed by atoms with Crippen molar-refractivity contribution >= 4 is 28.5 Å². The van der Waals surface area contributed by atoms with Crippen LogP contribution in [0.3, 0.4) is 0 Å². The molecule has 11 heteroatoms. The number of carbonyl (C=O) groups excluding carboxylic acids is 1. The Hall–Kier alpha value is -2.82. The topological polar surface area (TPSA) is 71.1 Å². The molecule has 0 saturated carbocycles. The fourth-order valence-electron chi connectivity index (χ4n) is 3.32. The second-order valence-corrected chi connectivity index (χ2v) is 9.41. The summed E-state index contributed by atoms with van der Waals surface area (Å²) in [6.45, 7) is 1.57. The third kappa shape index (κ3) is 7.09. The predicted octanol–water partition coefficient (Wildman–Crippen LogP) is 5.36. The first kappa shape index (κ1) is 26.8. The van der Waals surface area contributed by atoms with Gasteiger partial charge in [0.15, 0.2) is 0 Å². The molecule has 0 bridgehead atoms. The van der Waals surface area contributed by atoms with E-state index < -0.39 is 40.5 Å². The lowest BCUT2D eigenvalue weighted by Gasteiger charge is -2.16. The minimum Gasteiger partial charge on any atom is -0.351 e. The second kappa shape index (κ2) is 11.3. The van der Waals surface area contributed by atoms with Crippen LogP contribution in [0.1, 0.15) is 35.2 Å². The van der Waals surface area contributed by atoms with E-state index in [1.54, 1.807) is 31.2 Å². The zero-order valence-electron chi connectivity index (χ0n) is 18.7. The van der Waals surface area contributed by atoms with Gasteiger partial charge in [-0.05, 0) is 42.3 Å². The fourth-order valence-corrected chi connectivity index (χ4v) is 3.87. The monoisotopic (exact) mass is 527 g/mol. The number of pyridine rings is 1. The van der Waals surface area contributed by atoms with Gasteiger partial charge in [-0.15, -0.1) is 0 Å². The summed E-state index contributed by atoms with van der Waals surface area (Å²) in [5.74, 6) is -1.72. The van der Waals surface area contributed by atoms with Gasteiger partial charge in [0.2, 0.25) is 5.91 Å². The minimum atomic E-state index is -4.64. The molecule has 3 rings (SSSR count). The van der Waals surface area contributed by atoms with Gasteiger partial charge >= 0.3 is 6.18 Å². The first-order valence-corrected chi connectivity index (χ1v) is 12.4. The van der Waals surface area contributed by atoms with E-state index in [9.17, 15) is 26.6 Å². The van der Waals surface area contributed by atoms with Gasteiger partial charge in [0.25, 0.3) is 0 Å². The highest BCUT2D eigenvalue weighted by molar-refractivity contribution is 7.82. The van der Waals surface area contributed by atoms with E-state index in [4.69, 9.17) is 11.6 Å². The van der Waals surface area contributed by atoms with Crippen molar-refractivity contribution < 1.29 is 26.6 Å². The summed E-state index contributed by atoms with van der Waals surface area (Å²) in [6.07, 6.45) is -3.20. The Kier molecular flexibility index (Phi) is 8.63. The molecule has 0 aliphatic heterocycles. The van der Waals surface area contributed by atoms with Gasteiger partial charge in [0.1, 0.15) is 11.5 Å². The summed E-state index contributed by atoms with van der Waals surface area (Å²) >= 11 is 6.00. The number of halogens is 5. The number of rotatable bonds is 8. The normalized spacial score (nSPS) is 13.3. The molecule has 0 aliphatic carbocycles. The number of nitrogens with zero attached hydrogens (tertiary/aromatic N) is 1. The Balaban J connectivity index is 1.79. The van der Waals surface area contributed by atoms with Crippen molar-refractivity contribution in [3.63, 3.8) is 0 Å². The number of aromatic nitrogens is 1. The molecular formula is C24H22ClF4N3O2S. The van der Waals surface area contributed by atoms with Crippen molar-refractivity contribution in [1.29, 1.82) is 0 Å². The number of alkyl halides is 3. The second-order valence-electron chi connectivity index (χ2n) is 7.78. The lowest BCUT2D eigenvalue weighted by atomic mass is 9.98. The van der Waals surface area contributed by atoms with E-state index in [1.807, 2.05) is 0 Å². The van der Waals surface area contributed by atoms with Crippen LogP contribution in [-0.2, 0) is 35.0 Å². The van der Waals surface area contributed by atoms with E-state index in [-0.39, 0.29) is 18.8 Å². The van der Waals surface area contributed by atoms with Crippen molar-refractivity contribution in [1.82, 2.24) is 15.0 Å². The first-order chi connectivity index (χ1) is 16.5. The fraction of sp³-hybridized carbons (Fsp3) is 0.250. The molecule has 0 aliphatic rings. The lowest BCUT2D eigenvalue weighted by molar-refractivity contribution is -0.141. The summed E-state index contributed by atoms with van der Waals surface area (Å²) in [4.78, 5) is 16.5. The Morgan fingerprint density at radius 3 is 2.43 bits per heavy atom. The molecule has 5 nitrogen and oxygen atoms in total. The maximum atomic E-state index is 14.4. The molecule has 2 atom stereocenters. The number of carbonyl (C=O) groups is 1. The molecule has 1 amide bonds. The van der Waals surface area contributed by atoms with E-state index in [1.165, 1.54) is 30.5 Å². The molecule has 1 heterocycles. The number of amides is 1. The maximum absolute atomic E-state index is 14.4. The van der Waals surface area contributed by atoms with Crippen molar-refractivity contribution in [2.24, 2.45) is 0 Å². The maximum Gasteiger partial charge on any atom is 0.433 e. The standard InChI is InChI=1S/C24H22ClF4N3O2S/c1-14(15-6-7-17(20(26)11-15)13-31-35(2)34)23(33)30-12-18-8-9-21(24(27,28)29)32-22(18)16-4-3-5-19(25)10-16/h3-11,14,31H,12-13H2,1-2H3,(H,30,33)/t14-,35?/m1/s1. The van der Waals surface area contributed by atoms with Gasteiger partial charge in [-0.3, -0.25) is 4.79 Å². The molecule has 35 heavy (non-hydrogen) atoms. The molecule has 1 unspecified atom stereocenters. The predicted molar refractivity (Wildman–Crippen MR) is 127 cm³/mol. The Bertz CT molecular complexity index is 1250. The SMILES string of the molecule is C[C@@H](C(=O)NCc1ccc(C(F)(F)F)nc1-c1cccc(Cl)c1)c1ccc(CNS(C)=O)c(F)c1. The molecule has 0 fully saturated rings. The Morgan fingerprint density at radius 1 is 1.09 bits per heavy atom. The number of hydrogen-bond donors (Lipinski definition) is 2. The summed E-state index contributed by atoms with van der Waals surface area (Å²) in [6, 6.07) is 12.7. The van der Waals surface area contributed by atoms with Crippen LogP contribution < -0.4 is 10.0 Å². The van der Waals surface area contributed by atoms with Gasteiger partial charge in [0, 0.05) is 35.5 Å². The van der Waals surface area contributed by atoms with Crippen molar-refractivity contribution in [2.75, 3.05) is 6.26 Å². The summed E-state index contributed by atoms with van der Waals surface area (Å²) in [5, 5.41) is 3.02. The van der Waals surface area contributed by atoms with Crippen LogP contribution in [0.2, 0.25) is 5.02 Å². The van der Waals surface area contributed by atoms with Crippen LogP contribution in [0.15, 0.2) is 54.6 Å². The molecule has 1 aromatic heterocycles. The largest absolute Gasteiger partial charge is 0.433 e. The molecule has 186 valence electrons. The van der Waals surface area contributed by atoms with Crippen LogP contribution in [0.25, 0.3) is 11.3 Å². The zero-order chi connectivity index (χ0) is 25.8. The van der Waals surface area contributed by atoms with Gasteiger partial charge in [-0.1, -0.05) is 41.9 Å². The highest BCUT2D eigenvalue weighted by atomic mass is 35.5. The van der Waals surface area contributed by atoms with E-state index in [2.05, 4.69) is 15.0 Å². The van der Waals surface area contributed by atoms with Crippen LogP contribution >= 0.6 is 11.6 Å². The molecular weight excluding hydrogens is 506 g/mol. The van der Waals surface area contributed by atoms with Gasteiger partial charge in [0.05, 0.1) is 22.6 Å². The first-order valence-electron chi connectivity index (χ1n) is 10.4. The van der Waals surface area contributed by atoms with E-state index in [0.29, 0.717) is 27.3 Å². The third-order valence-electron chi connectivity index (χ3n) is 5.26. The van der Waals surface area contributed by atoms with Crippen LogP contribution in [-0.4, -0.2) is 21.4 Å². The van der Waals surface area contributed by atoms with E-state index in [0.717, 1.165) is 6.07 Å². The molecule has 2 N–H and O–H groups in total. The number of hydrogen-bond acceptors (Lipinski definition) is 3. The Labute approximate surface area is 207 Å². The van der Waals surface area contributed by atoms with Crippen molar-refractivity contribution in [3.05, 3.63) is 87.8 Å². The summed E-state index contributed by atoms with van der Waals surface area (Å²) in [7, 11) is -1.30. The average molecular weight is 528 g/mol.